The van der Waals surface area contributed by atoms with Crippen LogP contribution in [0.2, 0.25) is 0 Å². The monoisotopic (exact) mass is 696 g/mol. The summed E-state index contributed by atoms with van der Waals surface area (Å²) in [6.07, 6.45) is 6.03. The van der Waals surface area contributed by atoms with Gasteiger partial charge >= 0.3 is 6.09 Å². The second kappa shape index (κ2) is 14.9. The highest BCUT2D eigenvalue weighted by atomic mass is 32.2. The predicted molar refractivity (Wildman–Crippen MR) is 175 cm³/mol. The minimum atomic E-state index is -3.50. The van der Waals surface area contributed by atoms with Gasteiger partial charge in [0.1, 0.15) is 23.5 Å². The number of methoxy groups -OCH3 is 1. The Hall–Kier alpha value is -2.94. The number of sulfonamides is 1. The number of amides is 2. The highest BCUT2D eigenvalue weighted by molar-refractivity contribution is 7.89. The molecule has 9 atom stereocenters. The lowest BCUT2D eigenvalue weighted by atomic mass is 9.61. The summed E-state index contributed by atoms with van der Waals surface area (Å²) in [7, 11) is -2.34. The first-order valence-electron chi connectivity index (χ1n) is 16.8. The van der Waals surface area contributed by atoms with Crippen LogP contribution in [0.4, 0.5) is 23.7 Å². The Bertz CT molecular complexity index is 1530. The first-order chi connectivity index (χ1) is 22.7. The Morgan fingerprint density at radius 1 is 1.17 bits per heavy atom. The highest BCUT2D eigenvalue weighted by Crippen LogP contribution is 2.47. The third-order valence-corrected chi connectivity index (χ3v) is 12.4. The molecule has 3 fully saturated rings. The second-order valence-electron chi connectivity index (χ2n) is 14.0. The summed E-state index contributed by atoms with van der Waals surface area (Å²) in [5, 5.41) is 8.64. The van der Waals surface area contributed by atoms with E-state index in [9.17, 15) is 22.4 Å². The number of anilines is 1. The molecule has 0 aromatic heterocycles. The molecule has 3 aliphatic heterocycles. The number of benzene rings is 1. The van der Waals surface area contributed by atoms with E-state index in [0.29, 0.717) is 32.4 Å². The molecule has 1 aliphatic carbocycles. The first kappa shape index (κ1) is 36.3. The van der Waals surface area contributed by atoms with Gasteiger partial charge in [-0.3, -0.25) is 4.79 Å². The van der Waals surface area contributed by atoms with Gasteiger partial charge in [-0.2, -0.15) is 4.31 Å². The molecule has 2 bridgehead atoms. The van der Waals surface area contributed by atoms with E-state index in [4.69, 9.17) is 9.47 Å². The van der Waals surface area contributed by atoms with E-state index in [1.54, 1.807) is 6.08 Å². The molecule has 48 heavy (non-hydrogen) atoms. The number of rotatable bonds is 9. The van der Waals surface area contributed by atoms with Crippen molar-refractivity contribution in [3.8, 4) is 0 Å². The number of halogens is 3. The van der Waals surface area contributed by atoms with Crippen LogP contribution in [0, 0.1) is 28.9 Å². The molecule has 0 saturated carbocycles. The molecule has 5 rings (SSSR count). The minimum Gasteiger partial charge on any atom is -0.453 e. The fourth-order valence-electron chi connectivity index (χ4n) is 8.15. The SMILES string of the molecule is COC(=O)N[C@H](C(=O)Nc1c(F)ccc(F)c1CC[C@H]1CN[C@@H]2CCCS(=O)(=O)N1C2)[C@H](C1C[C@@H](C)O[C@@H](C)C1)C1(C)C=CC(F)=CC1. The van der Waals surface area contributed by atoms with Crippen molar-refractivity contribution in [2.24, 2.45) is 17.3 Å². The van der Waals surface area contributed by atoms with Gasteiger partial charge in [0, 0.05) is 36.7 Å². The zero-order valence-electron chi connectivity index (χ0n) is 27.9. The molecule has 3 N–H and O–H groups in total. The topological polar surface area (TPSA) is 126 Å². The third kappa shape index (κ3) is 8.09. The van der Waals surface area contributed by atoms with Crippen LogP contribution in [0.15, 0.2) is 36.2 Å². The molecule has 1 aromatic carbocycles. The number of hydrogen-bond acceptors (Lipinski definition) is 7. The van der Waals surface area contributed by atoms with Crippen LogP contribution >= 0.6 is 0 Å². The molecule has 0 radical (unpaired) electrons. The van der Waals surface area contributed by atoms with Crippen molar-refractivity contribution in [3.63, 3.8) is 0 Å². The molecule has 3 saturated heterocycles. The summed E-state index contributed by atoms with van der Waals surface area (Å²) in [6.45, 7) is 6.43. The van der Waals surface area contributed by atoms with Crippen LogP contribution in [-0.4, -0.2) is 81.0 Å². The van der Waals surface area contributed by atoms with E-state index in [1.807, 2.05) is 20.8 Å². The molecule has 14 heteroatoms. The van der Waals surface area contributed by atoms with Crippen LogP contribution in [0.3, 0.4) is 0 Å². The molecule has 266 valence electrons. The molecule has 4 aliphatic rings. The van der Waals surface area contributed by atoms with Crippen molar-refractivity contribution in [1.82, 2.24) is 14.9 Å². The third-order valence-electron chi connectivity index (χ3n) is 10.4. The quantitative estimate of drug-likeness (QED) is 0.333. The van der Waals surface area contributed by atoms with Gasteiger partial charge in [0.15, 0.2) is 0 Å². The molecule has 3 unspecified atom stereocenters. The van der Waals surface area contributed by atoms with Crippen LogP contribution < -0.4 is 16.0 Å². The number of carbonyl (C=O) groups excluding carboxylic acids is 2. The molecule has 3 heterocycles. The Balaban J connectivity index is 1.46. The van der Waals surface area contributed by atoms with E-state index in [0.717, 1.165) is 25.7 Å². The molecule has 1 aromatic rings. The minimum absolute atomic E-state index is 0.0360. The van der Waals surface area contributed by atoms with Crippen LogP contribution in [0.5, 0.6) is 0 Å². The molecule has 10 nitrogen and oxygen atoms in total. The number of nitrogens with zero attached hydrogens (tertiary/aromatic N) is 1. The normalized spacial score (nSPS) is 32.7. The highest BCUT2D eigenvalue weighted by Gasteiger charge is 2.48. The van der Waals surface area contributed by atoms with Gasteiger partial charge in [-0.1, -0.05) is 13.0 Å². The Kier molecular flexibility index (Phi) is 11.3. The smallest absolute Gasteiger partial charge is 0.407 e. The van der Waals surface area contributed by atoms with E-state index in [1.165, 1.54) is 16.5 Å². The number of alkyl carbamates (subject to hydrolysis) is 1. The summed E-state index contributed by atoms with van der Waals surface area (Å²) < 4.78 is 83.6. The van der Waals surface area contributed by atoms with Crippen molar-refractivity contribution in [1.29, 1.82) is 0 Å². The second-order valence-corrected chi connectivity index (χ2v) is 16.0. The van der Waals surface area contributed by atoms with Gasteiger partial charge in [0.05, 0.1) is 30.8 Å². The molecule has 2 amide bonds. The van der Waals surface area contributed by atoms with E-state index < -0.39 is 62.9 Å². The number of fused-ring (bicyclic) bond motifs is 2. The summed E-state index contributed by atoms with van der Waals surface area (Å²) in [5.74, 6) is -3.60. The summed E-state index contributed by atoms with van der Waals surface area (Å²) in [4.78, 5) is 27.1. The Morgan fingerprint density at radius 2 is 1.88 bits per heavy atom. The Labute approximate surface area is 280 Å². The van der Waals surface area contributed by atoms with Crippen molar-refractivity contribution in [2.75, 3.05) is 31.3 Å². The van der Waals surface area contributed by atoms with Gasteiger partial charge in [0.2, 0.25) is 15.9 Å². The first-order valence-corrected chi connectivity index (χ1v) is 18.4. The number of hydrogen-bond donors (Lipinski definition) is 3. The predicted octanol–water partition coefficient (Wildman–Crippen LogP) is 4.97. The Morgan fingerprint density at radius 3 is 2.54 bits per heavy atom. The van der Waals surface area contributed by atoms with Crippen LogP contribution in [-0.2, 0) is 30.7 Å². The van der Waals surface area contributed by atoms with Gasteiger partial charge < -0.3 is 25.4 Å². The average molecular weight is 697 g/mol. The van der Waals surface area contributed by atoms with Crippen molar-refractivity contribution < 1.29 is 40.7 Å². The van der Waals surface area contributed by atoms with E-state index in [-0.39, 0.29) is 60.4 Å². The van der Waals surface area contributed by atoms with Crippen LogP contribution in [0.25, 0.3) is 0 Å². The molecular weight excluding hydrogens is 649 g/mol. The maximum absolute atomic E-state index is 15.6. The van der Waals surface area contributed by atoms with Gasteiger partial charge in [-0.15, -0.1) is 0 Å². The lowest BCUT2D eigenvalue weighted by molar-refractivity contribution is -0.124. The lowest BCUT2D eigenvalue weighted by Gasteiger charge is -2.47. The average Bonchev–Trinajstić information content (AvgIpc) is 3.14. The van der Waals surface area contributed by atoms with Gasteiger partial charge in [0.25, 0.3) is 0 Å². The van der Waals surface area contributed by atoms with Crippen LogP contribution in [0.1, 0.15) is 64.9 Å². The fraction of sp³-hybridized carbons (Fsp3) is 0.647. The lowest BCUT2D eigenvalue weighted by Crippen LogP contribution is -2.57. The zero-order chi connectivity index (χ0) is 34.8. The maximum atomic E-state index is 15.6. The van der Waals surface area contributed by atoms with Crippen molar-refractivity contribution in [2.45, 2.75) is 96.1 Å². The standard InChI is InChI=1S/C34H47F3N4O6S/c1-20-16-22(17-21(2)47-20)29(34(3)13-11-23(35)12-14-34)31(40-33(43)46-4)32(42)39-30-26(27(36)9-10-28(30)37)8-7-25-18-38-24-6-5-15-48(44,45)41(25)19-24/h9-13,20-22,24-25,29,31,38H,5-8,14-19H2,1-4H3,(H,39,42)(H,40,43)/t20-,21+,22?,24-,25+,29+,31+,34?/m1/s1. The number of piperazine rings is 1. The van der Waals surface area contributed by atoms with E-state index >= 15 is 8.78 Å². The molecular formula is C34H47F3N4O6S. The number of ether oxygens (including phenoxy) is 2. The largest absolute Gasteiger partial charge is 0.453 e. The van der Waals surface area contributed by atoms with Gasteiger partial charge in [-0.05, 0) is 94.4 Å². The molecule has 0 spiro atoms. The van der Waals surface area contributed by atoms with Crippen molar-refractivity contribution >= 4 is 27.7 Å². The number of carbonyl (C=O) groups is 2. The summed E-state index contributed by atoms with van der Waals surface area (Å²) in [6, 6.07) is 0.173. The van der Waals surface area contributed by atoms with Gasteiger partial charge in [-0.25, -0.2) is 26.4 Å². The number of nitrogens with one attached hydrogen (secondary N) is 3. The summed E-state index contributed by atoms with van der Waals surface area (Å²) >= 11 is 0. The number of allylic oxidation sites excluding steroid dienone is 4. The maximum Gasteiger partial charge on any atom is 0.407 e. The van der Waals surface area contributed by atoms with Crippen molar-refractivity contribution in [3.05, 3.63) is 53.4 Å². The summed E-state index contributed by atoms with van der Waals surface area (Å²) in [5.41, 5.74) is -1.29. The zero-order valence-corrected chi connectivity index (χ0v) is 28.8. The fourth-order valence-corrected chi connectivity index (χ4v) is 9.95. The van der Waals surface area contributed by atoms with E-state index in [2.05, 4.69) is 16.0 Å².